The first-order chi connectivity index (χ1) is 11.3. The van der Waals surface area contributed by atoms with Crippen LogP contribution in [-0.4, -0.2) is 24.4 Å². The van der Waals surface area contributed by atoms with Crippen LogP contribution in [0.5, 0.6) is 0 Å². The summed E-state index contributed by atoms with van der Waals surface area (Å²) in [5.74, 6) is -0.220. The standard InChI is InChI=1S/C17H19F3N2OS/c1-12(15-8-5-9-24-15)21-16(23)11-22(2)10-13-6-3-4-7-14(13)17(18,19)20/h3-9,12H,10-11H2,1-2H3,(H,21,23). The molecule has 1 atom stereocenters. The first-order valence-corrected chi connectivity index (χ1v) is 8.31. The molecule has 0 fully saturated rings. The third-order valence-electron chi connectivity index (χ3n) is 3.52. The Morgan fingerprint density at radius 3 is 2.58 bits per heavy atom. The summed E-state index contributed by atoms with van der Waals surface area (Å²) in [5, 5.41) is 4.78. The highest BCUT2D eigenvalue weighted by molar-refractivity contribution is 7.10. The third-order valence-corrected chi connectivity index (χ3v) is 4.58. The molecule has 1 unspecified atom stereocenters. The number of hydrogen-bond donors (Lipinski definition) is 1. The summed E-state index contributed by atoms with van der Waals surface area (Å²) in [6, 6.07) is 9.14. The molecule has 0 saturated carbocycles. The first-order valence-electron chi connectivity index (χ1n) is 7.44. The van der Waals surface area contributed by atoms with Crippen molar-refractivity contribution < 1.29 is 18.0 Å². The van der Waals surface area contributed by atoms with E-state index in [1.807, 2.05) is 24.4 Å². The predicted octanol–water partition coefficient (Wildman–Crippen LogP) is 4.08. The zero-order valence-corrected chi connectivity index (χ0v) is 14.2. The molecule has 0 saturated heterocycles. The Bertz CT molecular complexity index is 671. The van der Waals surface area contributed by atoms with Gasteiger partial charge < -0.3 is 5.32 Å². The molecule has 2 rings (SSSR count). The summed E-state index contributed by atoms with van der Waals surface area (Å²) in [6.45, 7) is 1.96. The molecule has 0 radical (unpaired) electrons. The Morgan fingerprint density at radius 2 is 1.96 bits per heavy atom. The molecular weight excluding hydrogens is 337 g/mol. The Labute approximate surface area is 143 Å². The van der Waals surface area contributed by atoms with E-state index in [2.05, 4.69) is 5.32 Å². The van der Waals surface area contributed by atoms with E-state index in [0.717, 1.165) is 10.9 Å². The van der Waals surface area contributed by atoms with Gasteiger partial charge in [0.15, 0.2) is 0 Å². The highest BCUT2D eigenvalue weighted by Gasteiger charge is 2.33. The van der Waals surface area contributed by atoms with Gasteiger partial charge in [0, 0.05) is 11.4 Å². The molecule has 1 aromatic carbocycles. The van der Waals surface area contributed by atoms with Gasteiger partial charge in [0.05, 0.1) is 18.2 Å². The molecule has 7 heteroatoms. The van der Waals surface area contributed by atoms with Crippen molar-refractivity contribution in [2.75, 3.05) is 13.6 Å². The zero-order valence-electron chi connectivity index (χ0n) is 13.4. The summed E-state index contributed by atoms with van der Waals surface area (Å²) < 4.78 is 39.0. The maximum atomic E-state index is 13.0. The fraction of sp³-hybridized carbons (Fsp3) is 0.353. The normalized spacial score (nSPS) is 13.1. The number of nitrogens with one attached hydrogen (secondary N) is 1. The van der Waals surface area contributed by atoms with Crippen LogP contribution in [-0.2, 0) is 17.5 Å². The molecule has 1 N–H and O–H groups in total. The number of thiophene rings is 1. The van der Waals surface area contributed by atoms with Crippen LogP contribution in [0.1, 0.15) is 29.0 Å². The minimum absolute atomic E-state index is 0.0297. The number of hydrogen-bond acceptors (Lipinski definition) is 3. The molecule has 0 bridgehead atoms. The van der Waals surface area contributed by atoms with Gasteiger partial charge in [0.1, 0.15) is 0 Å². The van der Waals surface area contributed by atoms with Crippen LogP contribution in [0, 0.1) is 0 Å². The van der Waals surface area contributed by atoms with Crippen molar-refractivity contribution in [2.24, 2.45) is 0 Å². The zero-order chi connectivity index (χ0) is 17.7. The number of likely N-dealkylation sites (N-methyl/N-ethyl adjacent to an activating group) is 1. The van der Waals surface area contributed by atoms with Crippen molar-refractivity contribution in [3.8, 4) is 0 Å². The first kappa shape index (κ1) is 18.5. The summed E-state index contributed by atoms with van der Waals surface area (Å²) in [5.41, 5.74) is -0.504. The molecule has 24 heavy (non-hydrogen) atoms. The molecule has 1 aromatic heterocycles. The fourth-order valence-electron chi connectivity index (χ4n) is 2.42. The number of benzene rings is 1. The van der Waals surface area contributed by atoms with Gasteiger partial charge in [-0.3, -0.25) is 9.69 Å². The van der Waals surface area contributed by atoms with Crippen molar-refractivity contribution in [3.05, 3.63) is 57.8 Å². The summed E-state index contributed by atoms with van der Waals surface area (Å²) >= 11 is 1.55. The average Bonchev–Trinajstić information content (AvgIpc) is 3.00. The maximum Gasteiger partial charge on any atom is 0.416 e. The molecule has 0 aliphatic rings. The highest BCUT2D eigenvalue weighted by Crippen LogP contribution is 2.32. The van der Waals surface area contributed by atoms with E-state index >= 15 is 0 Å². The molecule has 130 valence electrons. The lowest BCUT2D eigenvalue weighted by molar-refractivity contribution is -0.138. The van der Waals surface area contributed by atoms with E-state index in [9.17, 15) is 18.0 Å². The van der Waals surface area contributed by atoms with Crippen LogP contribution in [0.3, 0.4) is 0 Å². The van der Waals surface area contributed by atoms with Crippen molar-refractivity contribution in [1.82, 2.24) is 10.2 Å². The minimum atomic E-state index is -4.40. The second kappa shape index (κ2) is 7.81. The Morgan fingerprint density at radius 1 is 1.25 bits per heavy atom. The summed E-state index contributed by atoms with van der Waals surface area (Å²) in [7, 11) is 1.63. The predicted molar refractivity (Wildman–Crippen MR) is 88.7 cm³/mol. The SMILES string of the molecule is CC(NC(=O)CN(C)Cc1ccccc1C(F)(F)F)c1cccs1. The van der Waals surface area contributed by atoms with Gasteiger partial charge in [-0.1, -0.05) is 24.3 Å². The van der Waals surface area contributed by atoms with E-state index in [-0.39, 0.29) is 30.6 Å². The number of amides is 1. The Hall–Kier alpha value is -1.86. The van der Waals surface area contributed by atoms with Gasteiger partial charge in [-0.25, -0.2) is 0 Å². The van der Waals surface area contributed by atoms with Gasteiger partial charge in [-0.15, -0.1) is 11.3 Å². The second-order valence-electron chi connectivity index (χ2n) is 5.63. The molecule has 1 heterocycles. The molecule has 0 aliphatic heterocycles. The van der Waals surface area contributed by atoms with E-state index in [4.69, 9.17) is 0 Å². The van der Waals surface area contributed by atoms with Crippen molar-refractivity contribution in [1.29, 1.82) is 0 Å². The molecular formula is C17H19F3N2OS. The summed E-state index contributed by atoms with van der Waals surface area (Å²) in [6.07, 6.45) is -4.40. The van der Waals surface area contributed by atoms with E-state index in [1.54, 1.807) is 29.4 Å². The van der Waals surface area contributed by atoms with Gasteiger partial charge in [-0.2, -0.15) is 13.2 Å². The van der Waals surface area contributed by atoms with Gasteiger partial charge >= 0.3 is 6.18 Å². The molecule has 3 nitrogen and oxygen atoms in total. The van der Waals surface area contributed by atoms with Gasteiger partial charge in [0.25, 0.3) is 0 Å². The quantitative estimate of drug-likeness (QED) is 0.846. The van der Waals surface area contributed by atoms with Crippen LogP contribution in [0.4, 0.5) is 13.2 Å². The lowest BCUT2D eigenvalue weighted by Crippen LogP contribution is -2.36. The lowest BCUT2D eigenvalue weighted by Gasteiger charge is -2.20. The third kappa shape index (κ3) is 5.07. The van der Waals surface area contributed by atoms with E-state index in [1.165, 1.54) is 12.1 Å². The van der Waals surface area contributed by atoms with Crippen LogP contribution >= 0.6 is 11.3 Å². The average molecular weight is 356 g/mol. The van der Waals surface area contributed by atoms with Crippen molar-refractivity contribution in [2.45, 2.75) is 25.7 Å². The van der Waals surface area contributed by atoms with Crippen LogP contribution in [0.15, 0.2) is 41.8 Å². The Balaban J connectivity index is 1.94. The number of alkyl halides is 3. The van der Waals surface area contributed by atoms with E-state index in [0.29, 0.717) is 0 Å². The topological polar surface area (TPSA) is 32.3 Å². The lowest BCUT2D eigenvalue weighted by atomic mass is 10.1. The fourth-order valence-corrected chi connectivity index (χ4v) is 3.16. The Kier molecular flexibility index (Phi) is 6.01. The molecule has 0 aliphatic carbocycles. The van der Waals surface area contributed by atoms with Gasteiger partial charge in [-0.05, 0) is 37.0 Å². The number of nitrogens with zero attached hydrogens (tertiary/aromatic N) is 1. The monoisotopic (exact) mass is 356 g/mol. The van der Waals surface area contributed by atoms with E-state index < -0.39 is 11.7 Å². The number of carbonyl (C=O) groups excluding carboxylic acids is 1. The maximum absolute atomic E-state index is 13.0. The van der Waals surface area contributed by atoms with Crippen LogP contribution in [0.2, 0.25) is 0 Å². The van der Waals surface area contributed by atoms with Crippen molar-refractivity contribution in [3.63, 3.8) is 0 Å². The summed E-state index contributed by atoms with van der Waals surface area (Å²) in [4.78, 5) is 14.7. The minimum Gasteiger partial charge on any atom is -0.348 e. The van der Waals surface area contributed by atoms with Crippen LogP contribution < -0.4 is 5.32 Å². The molecule has 1 amide bonds. The largest absolute Gasteiger partial charge is 0.416 e. The molecule has 2 aromatic rings. The number of rotatable bonds is 6. The number of halogens is 3. The van der Waals surface area contributed by atoms with Crippen molar-refractivity contribution >= 4 is 17.2 Å². The van der Waals surface area contributed by atoms with Crippen LogP contribution in [0.25, 0.3) is 0 Å². The number of carbonyl (C=O) groups is 1. The second-order valence-corrected chi connectivity index (χ2v) is 6.61. The highest BCUT2D eigenvalue weighted by atomic mass is 32.1. The molecule has 0 spiro atoms. The van der Waals surface area contributed by atoms with Gasteiger partial charge in [0.2, 0.25) is 5.91 Å². The smallest absolute Gasteiger partial charge is 0.348 e.